The molecule has 0 spiro atoms. The lowest BCUT2D eigenvalue weighted by atomic mass is 9.80. The van der Waals surface area contributed by atoms with Crippen molar-refractivity contribution in [2.24, 2.45) is 11.3 Å². The van der Waals surface area contributed by atoms with Gasteiger partial charge in [0.15, 0.2) is 0 Å². The van der Waals surface area contributed by atoms with Crippen LogP contribution in [-0.2, 0) is 0 Å². The summed E-state index contributed by atoms with van der Waals surface area (Å²) in [6.45, 7) is 16.5. The fraction of sp³-hybridized carbons (Fsp3) is 1.00. The van der Waals surface area contributed by atoms with Crippen LogP contribution in [0, 0.1) is 11.3 Å². The third-order valence-electron chi connectivity index (χ3n) is 4.49. The molecule has 0 rings (SSSR count). The molecule has 0 aliphatic heterocycles. The molecule has 0 aliphatic rings. The minimum Gasteiger partial charge on any atom is -0.300 e. The topological polar surface area (TPSA) is 3.24 Å². The summed E-state index contributed by atoms with van der Waals surface area (Å²) in [5.74, 6) is 1.78. The largest absolute Gasteiger partial charge is 0.300 e. The summed E-state index contributed by atoms with van der Waals surface area (Å²) in [6.07, 6.45) is 7.73. The Bertz CT molecular complexity index is 217. The molecule has 0 aromatic rings. The van der Waals surface area contributed by atoms with Crippen molar-refractivity contribution < 1.29 is 0 Å². The predicted octanol–water partition coefficient (Wildman–Crippen LogP) is 5.65. The van der Waals surface area contributed by atoms with Crippen LogP contribution in [0.25, 0.3) is 0 Å². The summed E-state index contributed by atoms with van der Waals surface area (Å²) >= 11 is 4.73. The molecule has 0 aliphatic carbocycles. The molecule has 0 amide bonds. The lowest BCUT2D eigenvalue weighted by molar-refractivity contribution is 0.0903. The zero-order chi connectivity index (χ0) is 15.6. The first-order chi connectivity index (χ1) is 9.48. The smallest absolute Gasteiger partial charge is 0.00903 e. The van der Waals surface area contributed by atoms with Crippen LogP contribution in [0.1, 0.15) is 80.1 Å². The second-order valence-corrected chi connectivity index (χ2v) is 7.27. The van der Waals surface area contributed by atoms with E-state index in [0.717, 1.165) is 17.7 Å². The molecule has 0 heterocycles. The molecule has 0 aromatic heterocycles. The first kappa shape index (κ1) is 20.3. The van der Waals surface area contributed by atoms with E-state index in [1.54, 1.807) is 0 Å². The van der Waals surface area contributed by atoms with E-state index in [4.69, 9.17) is 12.6 Å². The molecule has 0 atom stereocenters. The molecule has 2 heteroatoms. The first-order valence-corrected chi connectivity index (χ1v) is 9.46. The van der Waals surface area contributed by atoms with Crippen molar-refractivity contribution in [2.75, 3.05) is 18.8 Å². The minimum atomic E-state index is 0.421. The summed E-state index contributed by atoms with van der Waals surface area (Å²) in [5, 5.41) is 0. The Morgan fingerprint density at radius 3 is 1.75 bits per heavy atom. The third-order valence-corrected chi connectivity index (χ3v) is 5.16. The Labute approximate surface area is 134 Å². The summed E-state index contributed by atoms with van der Waals surface area (Å²) in [6, 6.07) is 0.741. The van der Waals surface area contributed by atoms with Gasteiger partial charge in [0, 0.05) is 19.1 Å². The van der Waals surface area contributed by atoms with E-state index in [9.17, 15) is 0 Å². The van der Waals surface area contributed by atoms with Crippen LogP contribution in [-0.4, -0.2) is 29.8 Å². The van der Waals surface area contributed by atoms with E-state index in [-0.39, 0.29) is 0 Å². The van der Waals surface area contributed by atoms with Gasteiger partial charge in [0.25, 0.3) is 0 Å². The minimum absolute atomic E-state index is 0.421. The van der Waals surface area contributed by atoms with E-state index >= 15 is 0 Å². The van der Waals surface area contributed by atoms with Crippen LogP contribution in [0.4, 0.5) is 0 Å². The molecular formula is C18H39NS. The van der Waals surface area contributed by atoms with Gasteiger partial charge in [-0.1, -0.05) is 54.4 Å². The van der Waals surface area contributed by atoms with E-state index in [1.165, 1.54) is 51.6 Å². The molecule has 0 fully saturated rings. The highest BCUT2D eigenvalue weighted by molar-refractivity contribution is 7.80. The molecular weight excluding hydrogens is 262 g/mol. The van der Waals surface area contributed by atoms with Crippen molar-refractivity contribution in [3.63, 3.8) is 0 Å². The van der Waals surface area contributed by atoms with Crippen molar-refractivity contribution in [3.8, 4) is 0 Å². The van der Waals surface area contributed by atoms with Gasteiger partial charge in [-0.3, -0.25) is 4.90 Å². The van der Waals surface area contributed by atoms with Crippen molar-refractivity contribution >= 4 is 12.6 Å². The van der Waals surface area contributed by atoms with E-state index in [1.807, 2.05) is 0 Å². The SMILES string of the molecule is CCCC(CS)(CCC)CN(CC(C)C)C(CC)CC. The molecule has 0 radical (unpaired) electrons. The molecule has 0 saturated heterocycles. The molecule has 0 unspecified atom stereocenters. The van der Waals surface area contributed by atoms with Crippen LogP contribution in [0.2, 0.25) is 0 Å². The molecule has 20 heavy (non-hydrogen) atoms. The Morgan fingerprint density at radius 1 is 0.950 bits per heavy atom. The molecule has 122 valence electrons. The molecule has 0 N–H and O–H groups in total. The molecule has 0 bridgehead atoms. The average molecular weight is 302 g/mol. The maximum absolute atomic E-state index is 4.73. The summed E-state index contributed by atoms with van der Waals surface area (Å²) in [7, 11) is 0. The van der Waals surface area contributed by atoms with Gasteiger partial charge < -0.3 is 0 Å². The van der Waals surface area contributed by atoms with Crippen molar-refractivity contribution in [2.45, 2.75) is 86.1 Å². The van der Waals surface area contributed by atoms with Gasteiger partial charge in [0.1, 0.15) is 0 Å². The predicted molar refractivity (Wildman–Crippen MR) is 96.9 cm³/mol. The van der Waals surface area contributed by atoms with Gasteiger partial charge in [-0.2, -0.15) is 12.6 Å². The zero-order valence-electron chi connectivity index (χ0n) is 14.9. The second-order valence-electron chi connectivity index (χ2n) is 6.95. The fourth-order valence-electron chi connectivity index (χ4n) is 3.60. The van der Waals surface area contributed by atoms with Gasteiger partial charge in [-0.15, -0.1) is 0 Å². The van der Waals surface area contributed by atoms with E-state index < -0.39 is 0 Å². The Hall–Kier alpha value is 0.310. The van der Waals surface area contributed by atoms with Crippen LogP contribution in [0.3, 0.4) is 0 Å². The third kappa shape index (κ3) is 6.85. The maximum Gasteiger partial charge on any atom is 0.00903 e. The molecule has 1 nitrogen and oxygen atoms in total. The Kier molecular flexibility index (Phi) is 11.1. The first-order valence-electron chi connectivity index (χ1n) is 8.83. The number of hydrogen-bond donors (Lipinski definition) is 1. The lowest BCUT2D eigenvalue weighted by Gasteiger charge is -2.41. The number of thiol groups is 1. The van der Waals surface area contributed by atoms with Gasteiger partial charge in [0.05, 0.1) is 0 Å². The monoisotopic (exact) mass is 301 g/mol. The second kappa shape index (κ2) is 11.0. The fourth-order valence-corrected chi connectivity index (χ4v) is 4.02. The van der Waals surface area contributed by atoms with Crippen molar-refractivity contribution in [1.82, 2.24) is 4.90 Å². The van der Waals surface area contributed by atoms with Crippen LogP contribution >= 0.6 is 12.6 Å². The molecule has 0 saturated carbocycles. The highest BCUT2D eigenvalue weighted by atomic mass is 32.1. The number of nitrogens with zero attached hydrogens (tertiary/aromatic N) is 1. The van der Waals surface area contributed by atoms with Crippen molar-refractivity contribution in [1.29, 1.82) is 0 Å². The highest BCUT2D eigenvalue weighted by Crippen LogP contribution is 2.33. The summed E-state index contributed by atoms with van der Waals surface area (Å²) < 4.78 is 0. The number of hydrogen-bond acceptors (Lipinski definition) is 2. The van der Waals surface area contributed by atoms with Crippen molar-refractivity contribution in [3.05, 3.63) is 0 Å². The quantitative estimate of drug-likeness (QED) is 0.456. The van der Waals surface area contributed by atoms with Crippen LogP contribution < -0.4 is 0 Å². The van der Waals surface area contributed by atoms with Crippen LogP contribution in [0.5, 0.6) is 0 Å². The summed E-state index contributed by atoms with van der Waals surface area (Å²) in [5.41, 5.74) is 0.421. The summed E-state index contributed by atoms with van der Waals surface area (Å²) in [4.78, 5) is 2.77. The zero-order valence-corrected chi connectivity index (χ0v) is 15.8. The van der Waals surface area contributed by atoms with E-state index in [0.29, 0.717) is 5.41 Å². The highest BCUT2D eigenvalue weighted by Gasteiger charge is 2.31. The Balaban J connectivity index is 5.02. The normalized spacial score (nSPS) is 12.9. The molecule has 0 aromatic carbocycles. The maximum atomic E-state index is 4.73. The van der Waals surface area contributed by atoms with Gasteiger partial charge in [-0.05, 0) is 42.8 Å². The van der Waals surface area contributed by atoms with Gasteiger partial charge >= 0.3 is 0 Å². The van der Waals surface area contributed by atoms with E-state index in [2.05, 4.69) is 46.4 Å². The van der Waals surface area contributed by atoms with Gasteiger partial charge in [-0.25, -0.2) is 0 Å². The number of rotatable bonds is 12. The van der Waals surface area contributed by atoms with Gasteiger partial charge in [0.2, 0.25) is 0 Å². The lowest BCUT2D eigenvalue weighted by Crippen LogP contribution is -2.45. The standard InChI is InChI=1S/C18H39NS/c1-7-11-18(15-20,12-8-2)14-19(13-16(5)6)17(9-3)10-4/h16-17,20H,7-15H2,1-6H3. The average Bonchev–Trinajstić information content (AvgIpc) is 2.39. The Morgan fingerprint density at radius 2 is 1.45 bits per heavy atom. The van der Waals surface area contributed by atoms with Crippen LogP contribution in [0.15, 0.2) is 0 Å².